The van der Waals surface area contributed by atoms with E-state index in [-0.39, 0.29) is 36.0 Å². The third kappa shape index (κ3) is 8.93. The first kappa shape index (κ1) is 41.7. The van der Waals surface area contributed by atoms with E-state index >= 15 is 0 Å². The van der Waals surface area contributed by atoms with Gasteiger partial charge in [0.2, 0.25) is 11.8 Å². The first-order valence-corrected chi connectivity index (χ1v) is 23.6. The molecule has 4 aromatic carbocycles. The van der Waals surface area contributed by atoms with Crippen molar-refractivity contribution in [2.75, 3.05) is 39.3 Å². The lowest BCUT2D eigenvalue weighted by molar-refractivity contribution is -0.139. The van der Waals surface area contributed by atoms with Crippen LogP contribution >= 0.6 is 0 Å². The second kappa shape index (κ2) is 19.2. The topological polar surface area (TPSA) is 104 Å². The van der Waals surface area contributed by atoms with Crippen molar-refractivity contribution in [3.05, 3.63) is 155 Å². The Morgan fingerprint density at radius 2 is 0.875 bits per heavy atom. The molecule has 2 aromatic heterocycles. The highest BCUT2D eigenvalue weighted by Gasteiger charge is 2.40. The first-order chi connectivity index (χ1) is 31.6. The Labute approximate surface area is 377 Å². The summed E-state index contributed by atoms with van der Waals surface area (Å²) in [5.41, 5.74) is 7.93. The van der Waals surface area contributed by atoms with E-state index in [0.29, 0.717) is 0 Å². The molecule has 4 fully saturated rings. The number of carbonyl (C=O) groups is 2. The highest BCUT2D eigenvalue weighted by Crippen LogP contribution is 2.38. The summed E-state index contributed by atoms with van der Waals surface area (Å²) >= 11 is 0. The SMILES string of the molecule is O=C(C(c1ccccc1)N1CCCCC1)N1CCCC1c1ncc(-c2ccc(C#Cc3ccc(-c4cnc(C5CCCN5C(=O)C(c5ccccc5)N5CCCCC5)[nH]4)cc3)cc2)[nH]1. The number of aromatic nitrogens is 4. The molecule has 6 aromatic rings. The second-order valence-corrected chi connectivity index (χ2v) is 18.0. The summed E-state index contributed by atoms with van der Waals surface area (Å²) in [5.74, 6) is 8.73. The Morgan fingerprint density at radius 1 is 0.484 bits per heavy atom. The molecule has 0 bridgehead atoms. The molecular formula is C54H58N8O2. The first-order valence-electron chi connectivity index (χ1n) is 23.6. The summed E-state index contributed by atoms with van der Waals surface area (Å²) < 4.78 is 0. The molecule has 2 N–H and O–H groups in total. The van der Waals surface area contributed by atoms with Crippen molar-refractivity contribution >= 4 is 11.8 Å². The Hall–Kier alpha value is -6.28. The van der Waals surface area contributed by atoms with Crippen LogP contribution in [0, 0.1) is 11.8 Å². The number of rotatable bonds is 10. The van der Waals surface area contributed by atoms with Gasteiger partial charge in [0.25, 0.3) is 0 Å². The van der Waals surface area contributed by atoms with Gasteiger partial charge in [0.15, 0.2) is 0 Å². The fourth-order valence-corrected chi connectivity index (χ4v) is 10.5. The number of piperidine rings is 2. The third-order valence-corrected chi connectivity index (χ3v) is 13.8. The van der Waals surface area contributed by atoms with Gasteiger partial charge in [-0.15, -0.1) is 0 Å². The van der Waals surface area contributed by atoms with Crippen LogP contribution in [0.25, 0.3) is 22.5 Å². The molecule has 10 heteroatoms. The number of H-pyrrole nitrogens is 2. The van der Waals surface area contributed by atoms with Crippen LogP contribution in [0.15, 0.2) is 122 Å². The summed E-state index contributed by atoms with van der Waals surface area (Å²) in [7, 11) is 0. The summed E-state index contributed by atoms with van der Waals surface area (Å²) in [4.78, 5) is 54.4. The zero-order valence-electron chi connectivity index (χ0n) is 36.7. The van der Waals surface area contributed by atoms with Crippen LogP contribution < -0.4 is 0 Å². The van der Waals surface area contributed by atoms with Gasteiger partial charge in [0, 0.05) is 24.2 Å². The van der Waals surface area contributed by atoms with E-state index < -0.39 is 0 Å². The van der Waals surface area contributed by atoms with E-state index in [4.69, 9.17) is 9.97 Å². The summed E-state index contributed by atoms with van der Waals surface area (Å²) in [6.45, 7) is 5.30. The average molecular weight is 851 g/mol. The highest BCUT2D eigenvalue weighted by molar-refractivity contribution is 5.85. The summed E-state index contributed by atoms with van der Waals surface area (Å²) in [6.07, 6.45) is 14.5. The maximum atomic E-state index is 14.4. The Morgan fingerprint density at radius 3 is 1.27 bits per heavy atom. The molecule has 4 aliphatic rings. The van der Waals surface area contributed by atoms with Gasteiger partial charge >= 0.3 is 0 Å². The van der Waals surface area contributed by atoms with Gasteiger partial charge in [-0.2, -0.15) is 0 Å². The lowest BCUT2D eigenvalue weighted by Gasteiger charge is -2.37. The molecule has 10 nitrogen and oxygen atoms in total. The molecule has 10 rings (SSSR count). The van der Waals surface area contributed by atoms with Gasteiger partial charge in [-0.25, -0.2) is 9.97 Å². The van der Waals surface area contributed by atoms with E-state index in [0.717, 1.165) is 147 Å². The molecule has 4 saturated heterocycles. The molecule has 0 aliphatic carbocycles. The Bertz CT molecular complexity index is 2390. The smallest absolute Gasteiger partial charge is 0.245 e. The molecule has 6 heterocycles. The number of benzene rings is 4. The average Bonchev–Trinajstić information content (AvgIpc) is 4.21. The Kier molecular flexibility index (Phi) is 12.5. The lowest BCUT2D eigenvalue weighted by Crippen LogP contribution is -2.44. The van der Waals surface area contributed by atoms with Gasteiger partial charge < -0.3 is 19.8 Å². The molecule has 326 valence electrons. The van der Waals surface area contributed by atoms with Crippen molar-refractivity contribution < 1.29 is 9.59 Å². The van der Waals surface area contributed by atoms with Gasteiger partial charge in [-0.1, -0.05) is 110 Å². The standard InChI is InChI=1S/C54H58N8O2/c63-53(49(43-15-5-1-6-16-43)59-31-9-3-10-32-59)61-35-13-19-47(61)51-55-37-45(57-51)41-27-23-39(24-28-41)21-22-40-25-29-42(30-26-40)46-38-56-52(58-46)48-20-14-36-62(48)54(64)50(44-17-7-2-8-18-44)60-33-11-4-12-34-60/h1-2,5-8,15-18,23-30,37-38,47-50H,3-4,9-14,19-20,31-36H2,(H,55,57)(H,56,58). The van der Waals surface area contributed by atoms with Crippen LogP contribution in [-0.4, -0.2) is 90.6 Å². The van der Waals surface area contributed by atoms with E-state index in [1.807, 2.05) is 73.1 Å². The normalized spacial score (nSPS) is 20.4. The minimum Gasteiger partial charge on any atom is -0.340 e. The molecule has 2 amide bonds. The van der Waals surface area contributed by atoms with Crippen LogP contribution in [0.2, 0.25) is 0 Å². The van der Waals surface area contributed by atoms with Gasteiger partial charge in [-0.3, -0.25) is 19.4 Å². The van der Waals surface area contributed by atoms with Crippen molar-refractivity contribution in [2.45, 2.75) is 88.4 Å². The van der Waals surface area contributed by atoms with Crippen molar-refractivity contribution in [3.63, 3.8) is 0 Å². The van der Waals surface area contributed by atoms with Gasteiger partial charge in [0.1, 0.15) is 23.7 Å². The van der Waals surface area contributed by atoms with Crippen molar-refractivity contribution in [1.29, 1.82) is 0 Å². The Balaban J connectivity index is 0.780. The molecule has 4 unspecified atom stereocenters. The van der Waals surface area contributed by atoms with Crippen LogP contribution in [0.5, 0.6) is 0 Å². The van der Waals surface area contributed by atoms with Crippen molar-refractivity contribution in [2.24, 2.45) is 0 Å². The number of hydrogen-bond acceptors (Lipinski definition) is 6. The molecule has 4 atom stereocenters. The van der Waals surface area contributed by atoms with Crippen LogP contribution in [-0.2, 0) is 9.59 Å². The quantitative estimate of drug-likeness (QED) is 0.133. The van der Waals surface area contributed by atoms with Gasteiger partial charge in [0.05, 0.1) is 35.9 Å². The van der Waals surface area contributed by atoms with E-state index in [1.165, 1.54) is 12.8 Å². The van der Waals surface area contributed by atoms with E-state index in [2.05, 4.69) is 89.9 Å². The van der Waals surface area contributed by atoms with Crippen LogP contribution in [0.1, 0.15) is 122 Å². The molecule has 64 heavy (non-hydrogen) atoms. The second-order valence-electron chi connectivity index (χ2n) is 18.0. The number of likely N-dealkylation sites (tertiary alicyclic amines) is 4. The third-order valence-electron chi connectivity index (χ3n) is 13.8. The van der Waals surface area contributed by atoms with Crippen molar-refractivity contribution in [1.82, 2.24) is 39.5 Å². The number of carbonyl (C=O) groups excluding carboxylic acids is 2. The predicted molar refractivity (Wildman–Crippen MR) is 251 cm³/mol. The lowest BCUT2D eigenvalue weighted by atomic mass is 10.00. The number of nitrogens with zero attached hydrogens (tertiary/aromatic N) is 6. The number of amides is 2. The predicted octanol–water partition coefficient (Wildman–Crippen LogP) is 9.65. The maximum absolute atomic E-state index is 14.4. The molecule has 0 saturated carbocycles. The maximum Gasteiger partial charge on any atom is 0.245 e. The van der Waals surface area contributed by atoms with E-state index in [1.54, 1.807) is 0 Å². The zero-order chi connectivity index (χ0) is 43.2. The molecule has 0 radical (unpaired) electrons. The monoisotopic (exact) mass is 850 g/mol. The minimum absolute atomic E-state index is 0.0695. The number of imidazole rings is 2. The fraction of sp³-hybridized carbons (Fsp3) is 0.370. The van der Waals surface area contributed by atoms with Crippen LogP contribution in [0.4, 0.5) is 0 Å². The molecule has 0 spiro atoms. The van der Waals surface area contributed by atoms with Crippen molar-refractivity contribution in [3.8, 4) is 34.4 Å². The van der Waals surface area contributed by atoms with Gasteiger partial charge in [-0.05, 0) is 124 Å². The van der Waals surface area contributed by atoms with E-state index in [9.17, 15) is 9.59 Å². The fourth-order valence-electron chi connectivity index (χ4n) is 10.5. The minimum atomic E-state index is -0.261. The zero-order valence-corrected chi connectivity index (χ0v) is 36.7. The summed E-state index contributed by atoms with van der Waals surface area (Å²) in [5, 5.41) is 0. The molecule has 4 aliphatic heterocycles. The molecular weight excluding hydrogens is 793 g/mol. The number of hydrogen-bond donors (Lipinski definition) is 2. The number of nitrogens with one attached hydrogen (secondary N) is 2. The largest absolute Gasteiger partial charge is 0.340 e. The van der Waals surface area contributed by atoms with Crippen LogP contribution in [0.3, 0.4) is 0 Å². The summed E-state index contributed by atoms with van der Waals surface area (Å²) in [6, 6.07) is 36.4. The highest BCUT2D eigenvalue weighted by atomic mass is 16.2. The number of aromatic amines is 2.